The normalized spacial score (nSPS) is 16.0. The highest BCUT2D eigenvalue weighted by Crippen LogP contribution is 2.29. The van der Waals surface area contributed by atoms with Crippen LogP contribution in [0.1, 0.15) is 49.5 Å². The van der Waals surface area contributed by atoms with Crippen LogP contribution < -0.4 is 25.2 Å². The Morgan fingerprint density at radius 2 is 2.03 bits per heavy atom. The average Bonchev–Trinajstić information content (AvgIpc) is 3.27. The van der Waals surface area contributed by atoms with Crippen LogP contribution in [0, 0.1) is 5.92 Å². The van der Waals surface area contributed by atoms with Crippen LogP contribution in [0.5, 0.6) is 11.5 Å². The van der Waals surface area contributed by atoms with Crippen molar-refractivity contribution in [3.8, 4) is 11.5 Å². The second-order valence-corrected chi connectivity index (χ2v) is 9.34. The van der Waals surface area contributed by atoms with Crippen molar-refractivity contribution in [2.75, 3.05) is 37.7 Å². The third-order valence-electron chi connectivity index (χ3n) is 5.76. The SMILES string of the molecule is CCOc1ccc(CCNC(=O)c2cnc3sc(N4CCC[C@@H](C)C4)nn3c2=O)cc1OCC. The first kappa shape index (κ1) is 24.0. The van der Waals surface area contributed by atoms with Gasteiger partial charge in [-0.2, -0.15) is 4.52 Å². The van der Waals surface area contributed by atoms with E-state index in [9.17, 15) is 9.59 Å². The van der Waals surface area contributed by atoms with Gasteiger partial charge in [-0.15, -0.1) is 5.10 Å². The number of benzene rings is 1. The van der Waals surface area contributed by atoms with Crippen LogP contribution in [-0.4, -0.2) is 53.4 Å². The van der Waals surface area contributed by atoms with Crippen molar-refractivity contribution in [1.82, 2.24) is 19.9 Å². The zero-order valence-electron chi connectivity index (χ0n) is 19.9. The number of nitrogens with one attached hydrogen (secondary N) is 1. The Bertz CT molecular complexity index is 1210. The van der Waals surface area contributed by atoms with Crippen LogP contribution in [0.2, 0.25) is 0 Å². The molecule has 1 atom stereocenters. The number of aromatic nitrogens is 3. The van der Waals surface area contributed by atoms with Gasteiger partial charge in [0.15, 0.2) is 11.5 Å². The number of anilines is 1. The molecule has 10 heteroatoms. The fraction of sp³-hybridized carbons (Fsp3) is 0.500. The maximum Gasteiger partial charge on any atom is 0.288 e. The summed E-state index contributed by atoms with van der Waals surface area (Å²) in [5.74, 6) is 1.52. The lowest BCUT2D eigenvalue weighted by molar-refractivity contribution is 0.0952. The van der Waals surface area contributed by atoms with Crippen molar-refractivity contribution in [3.05, 3.63) is 45.9 Å². The van der Waals surface area contributed by atoms with Gasteiger partial charge >= 0.3 is 0 Å². The molecule has 1 fully saturated rings. The van der Waals surface area contributed by atoms with Crippen molar-refractivity contribution in [2.45, 2.75) is 40.0 Å². The van der Waals surface area contributed by atoms with Crippen LogP contribution in [0.3, 0.4) is 0 Å². The lowest BCUT2D eigenvalue weighted by Gasteiger charge is -2.30. The highest BCUT2D eigenvalue weighted by molar-refractivity contribution is 7.20. The molecule has 0 spiro atoms. The maximum atomic E-state index is 12.9. The van der Waals surface area contributed by atoms with E-state index in [0.717, 1.165) is 30.2 Å². The topological polar surface area (TPSA) is 98.1 Å². The summed E-state index contributed by atoms with van der Waals surface area (Å²) >= 11 is 1.38. The van der Waals surface area contributed by atoms with Gasteiger partial charge in [-0.3, -0.25) is 9.59 Å². The van der Waals surface area contributed by atoms with E-state index in [2.05, 4.69) is 27.2 Å². The molecule has 1 aromatic carbocycles. The largest absolute Gasteiger partial charge is 0.490 e. The van der Waals surface area contributed by atoms with Gasteiger partial charge in [0.2, 0.25) is 10.1 Å². The number of carbonyl (C=O) groups excluding carboxylic acids is 1. The zero-order valence-corrected chi connectivity index (χ0v) is 20.7. The number of nitrogens with zero attached hydrogens (tertiary/aromatic N) is 4. The number of hydrogen-bond donors (Lipinski definition) is 1. The standard InChI is InChI=1S/C24H31N5O4S/c1-4-32-19-9-8-17(13-20(19)33-5-2)10-11-25-21(30)18-14-26-23-29(22(18)31)27-24(34-23)28-12-6-7-16(3)15-28/h8-9,13-14,16H,4-7,10-12,15H2,1-3H3,(H,25,30)/t16-/m1/s1. The molecule has 0 saturated carbocycles. The van der Waals surface area contributed by atoms with E-state index < -0.39 is 11.5 Å². The molecular formula is C24H31N5O4S. The molecule has 1 saturated heterocycles. The molecular weight excluding hydrogens is 454 g/mol. The lowest BCUT2D eigenvalue weighted by atomic mass is 10.0. The molecule has 1 N–H and O–H groups in total. The fourth-order valence-electron chi connectivity index (χ4n) is 4.09. The first-order chi connectivity index (χ1) is 16.5. The van der Waals surface area contributed by atoms with E-state index in [4.69, 9.17) is 9.47 Å². The number of piperidine rings is 1. The van der Waals surface area contributed by atoms with Crippen LogP contribution in [-0.2, 0) is 6.42 Å². The molecule has 0 bridgehead atoms. The minimum Gasteiger partial charge on any atom is -0.490 e. The second-order valence-electron chi connectivity index (χ2n) is 8.40. The Hall–Kier alpha value is -3.14. The first-order valence-corrected chi connectivity index (χ1v) is 12.6. The lowest BCUT2D eigenvalue weighted by Crippen LogP contribution is -2.35. The van der Waals surface area contributed by atoms with E-state index in [1.54, 1.807) is 0 Å². The Morgan fingerprint density at radius 1 is 1.24 bits per heavy atom. The van der Waals surface area contributed by atoms with E-state index in [1.165, 1.54) is 28.5 Å². The Morgan fingerprint density at radius 3 is 2.79 bits per heavy atom. The van der Waals surface area contributed by atoms with Gasteiger partial charge < -0.3 is 19.7 Å². The number of carbonyl (C=O) groups is 1. The smallest absolute Gasteiger partial charge is 0.288 e. The third-order valence-corrected chi connectivity index (χ3v) is 6.74. The monoisotopic (exact) mass is 485 g/mol. The van der Waals surface area contributed by atoms with Crippen molar-refractivity contribution in [2.24, 2.45) is 5.92 Å². The number of fused-ring (bicyclic) bond motifs is 1. The number of amides is 1. The van der Waals surface area contributed by atoms with Gasteiger partial charge in [0, 0.05) is 25.8 Å². The van der Waals surface area contributed by atoms with Crippen LogP contribution in [0.4, 0.5) is 5.13 Å². The Kier molecular flexibility index (Phi) is 7.66. The third kappa shape index (κ3) is 5.32. The molecule has 3 aromatic rings. The molecule has 1 amide bonds. The minimum atomic E-state index is -0.455. The van der Waals surface area contributed by atoms with Gasteiger partial charge in [0.05, 0.1) is 13.2 Å². The van der Waals surface area contributed by atoms with Gasteiger partial charge in [-0.1, -0.05) is 24.3 Å². The quantitative estimate of drug-likeness (QED) is 0.497. The van der Waals surface area contributed by atoms with Gasteiger partial charge in [-0.05, 0) is 56.7 Å². The average molecular weight is 486 g/mol. The van der Waals surface area contributed by atoms with E-state index >= 15 is 0 Å². The van der Waals surface area contributed by atoms with Gasteiger partial charge in [0.25, 0.3) is 11.5 Å². The molecule has 3 heterocycles. The van der Waals surface area contributed by atoms with Crippen molar-refractivity contribution in [3.63, 3.8) is 0 Å². The molecule has 34 heavy (non-hydrogen) atoms. The molecule has 9 nitrogen and oxygen atoms in total. The predicted molar refractivity (Wildman–Crippen MR) is 133 cm³/mol. The number of rotatable bonds is 9. The summed E-state index contributed by atoms with van der Waals surface area (Å²) in [6, 6.07) is 5.74. The van der Waals surface area contributed by atoms with Crippen molar-refractivity contribution >= 4 is 27.3 Å². The molecule has 0 aliphatic carbocycles. The molecule has 2 aromatic heterocycles. The molecule has 0 unspecified atom stereocenters. The summed E-state index contributed by atoms with van der Waals surface area (Å²) in [6.45, 7) is 9.36. The number of ether oxygens (including phenoxy) is 2. The summed E-state index contributed by atoms with van der Waals surface area (Å²) in [4.78, 5) is 32.7. The first-order valence-electron chi connectivity index (χ1n) is 11.8. The van der Waals surface area contributed by atoms with Crippen molar-refractivity contribution in [1.29, 1.82) is 0 Å². The van der Waals surface area contributed by atoms with Gasteiger partial charge in [0.1, 0.15) is 5.56 Å². The van der Waals surface area contributed by atoms with E-state index in [0.29, 0.717) is 48.6 Å². The molecule has 182 valence electrons. The van der Waals surface area contributed by atoms with E-state index in [-0.39, 0.29) is 5.56 Å². The maximum absolute atomic E-state index is 12.9. The van der Waals surface area contributed by atoms with Crippen LogP contribution >= 0.6 is 11.3 Å². The zero-order chi connectivity index (χ0) is 24.1. The molecule has 4 rings (SSSR count). The number of hydrogen-bond acceptors (Lipinski definition) is 8. The van der Waals surface area contributed by atoms with Crippen molar-refractivity contribution < 1.29 is 14.3 Å². The fourth-order valence-corrected chi connectivity index (χ4v) is 4.99. The second kappa shape index (κ2) is 10.9. The Labute approximate surface area is 202 Å². The Balaban J connectivity index is 1.42. The summed E-state index contributed by atoms with van der Waals surface area (Å²) in [5, 5.41) is 8.07. The summed E-state index contributed by atoms with van der Waals surface area (Å²) < 4.78 is 12.5. The summed E-state index contributed by atoms with van der Waals surface area (Å²) in [5.41, 5.74) is 0.537. The van der Waals surface area contributed by atoms with Crippen LogP contribution in [0.25, 0.3) is 4.96 Å². The van der Waals surface area contributed by atoms with E-state index in [1.807, 2.05) is 32.0 Å². The molecule has 1 aliphatic heterocycles. The minimum absolute atomic E-state index is 0.0111. The molecule has 1 aliphatic rings. The highest BCUT2D eigenvalue weighted by atomic mass is 32.1. The molecule has 0 radical (unpaired) electrons. The van der Waals surface area contributed by atoms with Gasteiger partial charge in [-0.25, -0.2) is 4.98 Å². The highest BCUT2D eigenvalue weighted by Gasteiger charge is 2.22. The summed E-state index contributed by atoms with van der Waals surface area (Å²) in [7, 11) is 0. The van der Waals surface area contributed by atoms with Crippen LogP contribution in [0.15, 0.2) is 29.2 Å². The summed E-state index contributed by atoms with van der Waals surface area (Å²) in [6.07, 6.45) is 4.24. The predicted octanol–water partition coefficient (Wildman–Crippen LogP) is 3.16.